The van der Waals surface area contributed by atoms with E-state index in [0.29, 0.717) is 0 Å². The lowest BCUT2D eigenvalue weighted by atomic mass is 10.3. The van der Waals surface area contributed by atoms with Crippen LogP contribution in [0, 0.1) is 0 Å². The first-order chi connectivity index (χ1) is 9.29. The minimum atomic E-state index is 0.740. The Kier molecular flexibility index (Phi) is 5.78. The van der Waals surface area contributed by atoms with Crippen molar-refractivity contribution in [2.24, 2.45) is 0 Å². The van der Waals surface area contributed by atoms with E-state index in [4.69, 9.17) is 4.74 Å². The summed E-state index contributed by atoms with van der Waals surface area (Å²) in [5.41, 5.74) is 1.34. The third kappa shape index (κ3) is 4.58. The van der Waals surface area contributed by atoms with Crippen LogP contribution in [0.3, 0.4) is 0 Å². The SMILES string of the molecule is COCCNCc1cnc(N(C)Cc2ccsc2)s1. The van der Waals surface area contributed by atoms with Crippen LogP contribution in [0.15, 0.2) is 23.0 Å². The minimum Gasteiger partial charge on any atom is -0.383 e. The van der Waals surface area contributed by atoms with E-state index in [1.54, 1.807) is 29.8 Å². The second kappa shape index (κ2) is 7.59. The van der Waals surface area contributed by atoms with Crippen LogP contribution in [0.5, 0.6) is 0 Å². The van der Waals surface area contributed by atoms with Gasteiger partial charge >= 0.3 is 0 Å². The van der Waals surface area contributed by atoms with Crippen LogP contribution in [0.25, 0.3) is 0 Å². The lowest BCUT2D eigenvalue weighted by Crippen LogP contribution is -2.17. The molecule has 0 aliphatic rings. The van der Waals surface area contributed by atoms with Gasteiger partial charge in [-0.1, -0.05) is 0 Å². The summed E-state index contributed by atoms with van der Waals surface area (Å²) in [6.45, 7) is 3.37. The van der Waals surface area contributed by atoms with Crippen molar-refractivity contribution in [1.82, 2.24) is 10.3 Å². The number of methoxy groups -OCH3 is 1. The summed E-state index contributed by atoms with van der Waals surface area (Å²) < 4.78 is 5.00. The van der Waals surface area contributed by atoms with E-state index >= 15 is 0 Å². The summed E-state index contributed by atoms with van der Waals surface area (Å²) in [5, 5.41) is 8.68. The third-order valence-corrected chi connectivity index (χ3v) is 4.49. The molecule has 2 aromatic rings. The Bertz CT molecular complexity index is 470. The summed E-state index contributed by atoms with van der Waals surface area (Å²) >= 11 is 3.47. The average molecular weight is 297 g/mol. The molecule has 0 saturated carbocycles. The van der Waals surface area contributed by atoms with E-state index in [1.165, 1.54) is 10.4 Å². The molecule has 2 aromatic heterocycles. The second-order valence-corrected chi connectivity index (χ2v) is 6.14. The maximum absolute atomic E-state index is 5.00. The number of nitrogens with one attached hydrogen (secondary N) is 1. The fraction of sp³-hybridized carbons (Fsp3) is 0.462. The molecule has 0 aromatic carbocycles. The second-order valence-electron chi connectivity index (χ2n) is 4.27. The van der Waals surface area contributed by atoms with Crippen molar-refractivity contribution in [2.45, 2.75) is 13.1 Å². The lowest BCUT2D eigenvalue weighted by molar-refractivity contribution is 0.199. The number of rotatable bonds is 8. The number of thiophene rings is 1. The molecule has 0 bridgehead atoms. The van der Waals surface area contributed by atoms with Crippen molar-refractivity contribution in [3.8, 4) is 0 Å². The Hall–Kier alpha value is -0.950. The number of hydrogen-bond acceptors (Lipinski definition) is 6. The van der Waals surface area contributed by atoms with Gasteiger partial charge in [-0.05, 0) is 22.4 Å². The van der Waals surface area contributed by atoms with E-state index in [2.05, 4.69) is 39.1 Å². The molecule has 0 amide bonds. The average Bonchev–Trinajstić information content (AvgIpc) is 3.05. The maximum Gasteiger partial charge on any atom is 0.185 e. The van der Waals surface area contributed by atoms with Gasteiger partial charge in [0.1, 0.15) is 0 Å². The molecular formula is C13H19N3OS2. The number of aromatic nitrogens is 1. The zero-order valence-electron chi connectivity index (χ0n) is 11.3. The molecule has 1 N–H and O–H groups in total. The first kappa shape index (κ1) is 14.5. The quantitative estimate of drug-likeness (QED) is 0.760. The van der Waals surface area contributed by atoms with Gasteiger partial charge in [0.15, 0.2) is 5.13 Å². The Morgan fingerprint density at radius 2 is 2.37 bits per heavy atom. The van der Waals surface area contributed by atoms with Gasteiger partial charge in [0, 0.05) is 44.9 Å². The van der Waals surface area contributed by atoms with E-state index in [1.807, 2.05) is 6.20 Å². The smallest absolute Gasteiger partial charge is 0.185 e. The van der Waals surface area contributed by atoms with Crippen molar-refractivity contribution in [1.29, 1.82) is 0 Å². The molecule has 0 unspecified atom stereocenters. The third-order valence-electron chi connectivity index (χ3n) is 2.65. The topological polar surface area (TPSA) is 37.4 Å². The molecule has 0 aliphatic heterocycles. The molecule has 0 saturated heterocycles. The predicted octanol–water partition coefficient (Wildman–Crippen LogP) is 2.58. The highest BCUT2D eigenvalue weighted by Crippen LogP contribution is 2.23. The molecule has 0 radical (unpaired) electrons. The molecule has 0 atom stereocenters. The van der Waals surface area contributed by atoms with Crippen LogP contribution in [0.4, 0.5) is 5.13 Å². The van der Waals surface area contributed by atoms with Gasteiger partial charge in [-0.2, -0.15) is 11.3 Å². The Morgan fingerprint density at radius 1 is 1.47 bits per heavy atom. The molecule has 0 spiro atoms. The molecule has 0 fully saturated rings. The lowest BCUT2D eigenvalue weighted by Gasteiger charge is -2.14. The highest BCUT2D eigenvalue weighted by molar-refractivity contribution is 7.15. The van der Waals surface area contributed by atoms with Gasteiger partial charge in [-0.3, -0.25) is 0 Å². The maximum atomic E-state index is 5.00. The van der Waals surface area contributed by atoms with Crippen LogP contribution in [-0.4, -0.2) is 32.3 Å². The molecule has 6 heteroatoms. The standard InChI is InChI=1S/C13H19N3OS2/c1-16(9-11-3-6-18-10-11)13-15-8-12(19-13)7-14-4-5-17-2/h3,6,8,10,14H,4-5,7,9H2,1-2H3. The van der Waals surface area contributed by atoms with Crippen molar-refractivity contribution in [3.63, 3.8) is 0 Å². The molecule has 19 heavy (non-hydrogen) atoms. The monoisotopic (exact) mass is 297 g/mol. The summed E-state index contributed by atoms with van der Waals surface area (Å²) in [6.07, 6.45) is 1.95. The molecule has 4 nitrogen and oxygen atoms in total. The summed E-state index contributed by atoms with van der Waals surface area (Å²) in [4.78, 5) is 7.91. The van der Waals surface area contributed by atoms with Crippen LogP contribution in [0.1, 0.15) is 10.4 Å². The molecule has 2 rings (SSSR count). The van der Waals surface area contributed by atoms with Crippen LogP contribution >= 0.6 is 22.7 Å². The van der Waals surface area contributed by atoms with Crippen LogP contribution < -0.4 is 10.2 Å². The van der Waals surface area contributed by atoms with Crippen molar-refractivity contribution in [2.75, 3.05) is 32.2 Å². The van der Waals surface area contributed by atoms with Gasteiger partial charge < -0.3 is 15.0 Å². The predicted molar refractivity (Wildman–Crippen MR) is 82.1 cm³/mol. The minimum absolute atomic E-state index is 0.740. The van der Waals surface area contributed by atoms with E-state index < -0.39 is 0 Å². The Morgan fingerprint density at radius 3 is 3.11 bits per heavy atom. The molecular weight excluding hydrogens is 278 g/mol. The molecule has 2 heterocycles. The number of nitrogens with zero attached hydrogens (tertiary/aromatic N) is 2. The van der Waals surface area contributed by atoms with Crippen molar-refractivity contribution in [3.05, 3.63) is 33.5 Å². The Balaban J connectivity index is 1.82. The van der Waals surface area contributed by atoms with E-state index in [9.17, 15) is 0 Å². The number of ether oxygens (including phenoxy) is 1. The van der Waals surface area contributed by atoms with Gasteiger partial charge in [0.05, 0.1) is 6.61 Å². The van der Waals surface area contributed by atoms with Crippen LogP contribution in [0.2, 0.25) is 0 Å². The van der Waals surface area contributed by atoms with Crippen molar-refractivity contribution >= 4 is 27.8 Å². The first-order valence-corrected chi connectivity index (χ1v) is 7.92. The first-order valence-electron chi connectivity index (χ1n) is 6.16. The van der Waals surface area contributed by atoms with Gasteiger partial charge in [-0.25, -0.2) is 4.98 Å². The van der Waals surface area contributed by atoms with Crippen molar-refractivity contribution < 1.29 is 4.74 Å². The summed E-state index contributed by atoms with van der Waals surface area (Å²) in [7, 11) is 3.80. The molecule has 0 aliphatic carbocycles. The zero-order chi connectivity index (χ0) is 13.5. The largest absolute Gasteiger partial charge is 0.383 e. The number of anilines is 1. The molecule has 104 valence electrons. The van der Waals surface area contributed by atoms with E-state index in [-0.39, 0.29) is 0 Å². The highest BCUT2D eigenvalue weighted by atomic mass is 32.1. The Labute approximate surface area is 122 Å². The van der Waals surface area contributed by atoms with Crippen LogP contribution in [-0.2, 0) is 17.8 Å². The summed E-state index contributed by atoms with van der Waals surface area (Å²) in [6, 6.07) is 2.15. The number of hydrogen-bond donors (Lipinski definition) is 1. The summed E-state index contributed by atoms with van der Waals surface area (Å²) in [5.74, 6) is 0. The highest BCUT2D eigenvalue weighted by Gasteiger charge is 2.07. The van der Waals surface area contributed by atoms with Gasteiger partial charge in [0.25, 0.3) is 0 Å². The van der Waals surface area contributed by atoms with E-state index in [0.717, 1.165) is 31.4 Å². The normalized spacial score (nSPS) is 10.8. The van der Waals surface area contributed by atoms with Gasteiger partial charge in [0.2, 0.25) is 0 Å². The number of thiazole rings is 1. The fourth-order valence-corrected chi connectivity index (χ4v) is 3.17. The van der Waals surface area contributed by atoms with Gasteiger partial charge in [-0.15, -0.1) is 11.3 Å². The zero-order valence-corrected chi connectivity index (χ0v) is 12.9. The fourth-order valence-electron chi connectivity index (χ4n) is 1.67.